The summed E-state index contributed by atoms with van der Waals surface area (Å²) >= 11 is 0. The first-order chi connectivity index (χ1) is 11.5. The van der Waals surface area contributed by atoms with Crippen LogP contribution in [0.4, 0.5) is 0 Å². The summed E-state index contributed by atoms with van der Waals surface area (Å²) in [6, 6.07) is 16.0. The summed E-state index contributed by atoms with van der Waals surface area (Å²) in [6.45, 7) is 1.83. The van der Waals surface area contributed by atoms with Crippen LogP contribution in [0.25, 0.3) is 11.3 Å². The van der Waals surface area contributed by atoms with Crippen LogP contribution in [0, 0.1) is 6.92 Å². The molecule has 0 unspecified atom stereocenters. The van der Waals surface area contributed by atoms with Crippen molar-refractivity contribution < 1.29 is 21.8 Å². The fourth-order valence-electron chi connectivity index (χ4n) is 2.23. The number of para-hydroxylation sites is 1. The maximum atomic E-state index is 12.4. The number of aryl methyl sites for hydroxylation is 1. The van der Waals surface area contributed by atoms with Crippen molar-refractivity contribution in [2.45, 2.75) is 11.8 Å². The number of aldehydes is 1. The second-order valence-electron chi connectivity index (χ2n) is 5.15. The first-order valence-corrected chi connectivity index (χ1v) is 8.56. The summed E-state index contributed by atoms with van der Waals surface area (Å²) in [5, 5.41) is 0. The minimum atomic E-state index is -3.97. The molecule has 0 N–H and O–H groups in total. The van der Waals surface area contributed by atoms with Crippen molar-refractivity contribution in [2.24, 2.45) is 0 Å². The van der Waals surface area contributed by atoms with Crippen LogP contribution in [0.1, 0.15) is 16.1 Å². The molecule has 0 aliphatic heterocycles. The lowest BCUT2D eigenvalue weighted by Gasteiger charge is -2.09. The molecule has 5 nitrogen and oxygen atoms in total. The van der Waals surface area contributed by atoms with Crippen LogP contribution in [0.2, 0.25) is 0 Å². The molecule has 0 fully saturated rings. The van der Waals surface area contributed by atoms with Crippen LogP contribution >= 0.6 is 0 Å². The van der Waals surface area contributed by atoms with Crippen molar-refractivity contribution in [3.05, 3.63) is 72.0 Å². The monoisotopic (exact) mass is 342 g/mol. The number of rotatable bonds is 5. The number of hydrogen-bond acceptors (Lipinski definition) is 5. The van der Waals surface area contributed by atoms with Gasteiger partial charge in [-0.2, -0.15) is 8.42 Å². The van der Waals surface area contributed by atoms with E-state index in [1.807, 2.05) is 6.92 Å². The molecule has 3 rings (SSSR count). The van der Waals surface area contributed by atoms with Crippen molar-refractivity contribution in [1.82, 2.24) is 0 Å². The maximum Gasteiger partial charge on any atom is 0.339 e. The first kappa shape index (κ1) is 16.0. The highest BCUT2D eigenvalue weighted by atomic mass is 32.2. The smallest absolute Gasteiger partial charge is 0.339 e. The van der Waals surface area contributed by atoms with Crippen LogP contribution in [0.3, 0.4) is 0 Å². The molecule has 1 heterocycles. The van der Waals surface area contributed by atoms with E-state index in [4.69, 9.17) is 8.60 Å². The number of carbonyl (C=O) groups is 1. The van der Waals surface area contributed by atoms with Gasteiger partial charge < -0.3 is 8.60 Å². The molecule has 122 valence electrons. The minimum Gasteiger partial charge on any atom is -0.453 e. The van der Waals surface area contributed by atoms with Crippen molar-refractivity contribution >= 4 is 16.4 Å². The van der Waals surface area contributed by atoms with Gasteiger partial charge in [-0.25, -0.2) is 0 Å². The normalized spacial score (nSPS) is 11.2. The van der Waals surface area contributed by atoms with Gasteiger partial charge in [0.2, 0.25) is 0 Å². The Hall–Kier alpha value is -2.86. The number of benzene rings is 2. The van der Waals surface area contributed by atoms with Crippen LogP contribution in [-0.2, 0) is 10.1 Å². The number of carbonyl (C=O) groups excluding carboxylic acids is 1. The summed E-state index contributed by atoms with van der Waals surface area (Å²) in [4.78, 5) is 10.8. The van der Waals surface area contributed by atoms with E-state index in [9.17, 15) is 13.2 Å². The fourth-order valence-corrected chi connectivity index (χ4v) is 3.19. The van der Waals surface area contributed by atoms with Gasteiger partial charge in [-0.15, -0.1) is 0 Å². The average molecular weight is 342 g/mol. The number of furan rings is 1. The summed E-state index contributed by atoms with van der Waals surface area (Å²) in [5.74, 6) is 0.838. The topological polar surface area (TPSA) is 73.6 Å². The standard InChI is InChI=1S/C18H14O5S/c1-13-7-9-16(11-17(13)18-10-8-15(12-19)22-18)24(20,21)23-14-5-3-2-4-6-14/h2-12H,1H3. The molecule has 0 saturated carbocycles. The molecule has 0 spiro atoms. The van der Waals surface area contributed by atoms with E-state index in [2.05, 4.69) is 0 Å². The molecular weight excluding hydrogens is 328 g/mol. The van der Waals surface area contributed by atoms with Crippen LogP contribution in [0.15, 0.2) is 70.0 Å². The van der Waals surface area contributed by atoms with Crippen molar-refractivity contribution in [2.75, 3.05) is 0 Å². The molecule has 0 atom stereocenters. The van der Waals surface area contributed by atoms with Gasteiger partial charge in [0.25, 0.3) is 0 Å². The maximum absolute atomic E-state index is 12.4. The molecule has 0 radical (unpaired) electrons. The average Bonchev–Trinajstić information content (AvgIpc) is 3.04. The largest absolute Gasteiger partial charge is 0.453 e. The zero-order chi connectivity index (χ0) is 17.2. The molecule has 6 heteroatoms. The van der Waals surface area contributed by atoms with Gasteiger partial charge in [0.15, 0.2) is 12.0 Å². The van der Waals surface area contributed by atoms with Crippen LogP contribution < -0.4 is 4.18 Å². The zero-order valence-corrected chi connectivity index (χ0v) is 13.6. The molecule has 1 aromatic heterocycles. The first-order valence-electron chi connectivity index (χ1n) is 7.15. The highest BCUT2D eigenvalue weighted by molar-refractivity contribution is 7.87. The number of hydrogen-bond donors (Lipinski definition) is 0. The van der Waals surface area contributed by atoms with Crippen LogP contribution in [-0.4, -0.2) is 14.7 Å². The minimum absolute atomic E-state index is 0.0102. The van der Waals surface area contributed by atoms with E-state index < -0.39 is 10.1 Å². The third kappa shape index (κ3) is 3.23. The Balaban J connectivity index is 2.00. The molecule has 0 aliphatic rings. The Morgan fingerprint density at radius 1 is 1.00 bits per heavy atom. The third-order valence-corrected chi connectivity index (χ3v) is 4.70. The predicted molar refractivity (Wildman–Crippen MR) is 88.5 cm³/mol. The Morgan fingerprint density at radius 2 is 1.75 bits per heavy atom. The Bertz CT molecular complexity index is 972. The van der Waals surface area contributed by atoms with Gasteiger partial charge in [0.05, 0.1) is 0 Å². The van der Waals surface area contributed by atoms with Crippen molar-refractivity contribution in [1.29, 1.82) is 0 Å². The second-order valence-corrected chi connectivity index (χ2v) is 6.69. The zero-order valence-electron chi connectivity index (χ0n) is 12.8. The van der Waals surface area contributed by atoms with Gasteiger partial charge in [-0.05, 0) is 48.9 Å². The lowest BCUT2D eigenvalue weighted by atomic mass is 10.1. The SMILES string of the molecule is Cc1ccc(S(=O)(=O)Oc2ccccc2)cc1-c1ccc(C=O)o1. The molecular formula is C18H14O5S. The molecule has 0 saturated heterocycles. The van der Waals surface area contributed by atoms with E-state index >= 15 is 0 Å². The molecule has 24 heavy (non-hydrogen) atoms. The molecule has 3 aromatic rings. The molecule has 0 aliphatic carbocycles. The van der Waals surface area contributed by atoms with E-state index in [-0.39, 0.29) is 16.4 Å². The fraction of sp³-hybridized carbons (Fsp3) is 0.0556. The van der Waals surface area contributed by atoms with E-state index in [1.54, 1.807) is 42.5 Å². The molecule has 0 bridgehead atoms. The van der Waals surface area contributed by atoms with Crippen molar-refractivity contribution in [3.63, 3.8) is 0 Å². The highest BCUT2D eigenvalue weighted by Crippen LogP contribution is 2.29. The quantitative estimate of drug-likeness (QED) is 0.520. The summed E-state index contributed by atoms with van der Waals surface area (Å²) in [7, 11) is -3.97. The summed E-state index contributed by atoms with van der Waals surface area (Å²) < 4.78 is 35.4. The Kier molecular flexibility index (Phi) is 4.22. The Morgan fingerprint density at radius 3 is 2.42 bits per heavy atom. The van der Waals surface area contributed by atoms with Crippen LogP contribution in [0.5, 0.6) is 5.75 Å². The highest BCUT2D eigenvalue weighted by Gasteiger charge is 2.19. The molecule has 2 aromatic carbocycles. The predicted octanol–water partition coefficient (Wildman–Crippen LogP) is 3.84. The molecule has 0 amide bonds. The summed E-state index contributed by atoms with van der Waals surface area (Å²) in [6.07, 6.45) is 0.595. The van der Waals surface area contributed by atoms with E-state index in [1.165, 1.54) is 18.2 Å². The second kappa shape index (κ2) is 6.33. The Labute approximate surface area is 139 Å². The van der Waals surface area contributed by atoms with Gasteiger partial charge in [0.1, 0.15) is 16.4 Å². The van der Waals surface area contributed by atoms with Crippen molar-refractivity contribution in [3.8, 4) is 17.1 Å². The van der Waals surface area contributed by atoms with E-state index in [0.29, 0.717) is 17.6 Å². The van der Waals surface area contributed by atoms with Gasteiger partial charge >= 0.3 is 10.1 Å². The lowest BCUT2D eigenvalue weighted by molar-refractivity contribution is 0.110. The summed E-state index contributed by atoms with van der Waals surface area (Å²) in [5.41, 5.74) is 1.40. The lowest BCUT2D eigenvalue weighted by Crippen LogP contribution is -2.10. The van der Waals surface area contributed by atoms with E-state index in [0.717, 1.165) is 5.56 Å². The van der Waals surface area contributed by atoms with Gasteiger partial charge in [0, 0.05) is 5.56 Å². The third-order valence-electron chi connectivity index (χ3n) is 3.46. The van der Waals surface area contributed by atoms with Gasteiger partial charge in [-0.3, -0.25) is 4.79 Å². The van der Waals surface area contributed by atoms with Gasteiger partial charge in [-0.1, -0.05) is 24.3 Å².